The summed E-state index contributed by atoms with van der Waals surface area (Å²) in [6, 6.07) is -0.674. The van der Waals surface area contributed by atoms with E-state index in [1.807, 2.05) is 53.7 Å². The van der Waals surface area contributed by atoms with Gasteiger partial charge in [-0.05, 0) is 74.0 Å². The average Bonchev–Trinajstić information content (AvgIpc) is 3.16. The molecule has 2 bridgehead atoms. The van der Waals surface area contributed by atoms with E-state index in [-0.39, 0.29) is 29.8 Å². The molecule has 13 heteroatoms. The number of aliphatic imine (C=N–C) groups is 1. The molecule has 4 aliphatic heterocycles. The second-order valence-corrected chi connectivity index (χ2v) is 15.4. The van der Waals surface area contributed by atoms with Gasteiger partial charge in [0, 0.05) is 36.7 Å². The number of carbonyl (C=O) groups is 3. The summed E-state index contributed by atoms with van der Waals surface area (Å²) in [6.07, 6.45) is -2.23. The van der Waals surface area contributed by atoms with Gasteiger partial charge in [0.1, 0.15) is 18.1 Å². The summed E-state index contributed by atoms with van der Waals surface area (Å²) in [5.74, 6) is -3.46. The number of cyclic esters (lactones) is 1. The Balaban J connectivity index is 1.85. The van der Waals surface area contributed by atoms with E-state index in [0.29, 0.717) is 51.9 Å². The molecule has 2 N–H and O–H groups in total. The minimum atomic E-state index is -1.15. The maximum Gasteiger partial charge on any atom is 0.410 e. The third-order valence-corrected chi connectivity index (χ3v) is 11.3. The lowest BCUT2D eigenvalue weighted by molar-refractivity contribution is -0.297. The maximum absolute atomic E-state index is 14.4. The van der Waals surface area contributed by atoms with Crippen molar-refractivity contribution in [2.75, 3.05) is 47.4 Å². The summed E-state index contributed by atoms with van der Waals surface area (Å²) in [5.41, 5.74) is -1.35. The van der Waals surface area contributed by atoms with E-state index in [0.717, 1.165) is 5.71 Å². The van der Waals surface area contributed by atoms with Gasteiger partial charge >= 0.3 is 12.1 Å². The van der Waals surface area contributed by atoms with Crippen LogP contribution in [0.5, 0.6) is 0 Å². The Morgan fingerprint density at radius 3 is 2.43 bits per heavy atom. The van der Waals surface area contributed by atoms with Crippen molar-refractivity contribution < 1.29 is 43.2 Å². The maximum atomic E-state index is 14.4. The highest BCUT2D eigenvalue weighted by Gasteiger charge is 2.60. The van der Waals surface area contributed by atoms with Gasteiger partial charge in [-0.25, -0.2) is 4.79 Å². The number of esters is 1. The van der Waals surface area contributed by atoms with Crippen LogP contribution in [0.15, 0.2) is 4.99 Å². The molecule has 49 heavy (non-hydrogen) atoms. The number of hydrogen-bond acceptors (Lipinski definition) is 12. The highest BCUT2D eigenvalue weighted by Crippen LogP contribution is 2.44. The first-order valence-electron chi connectivity index (χ1n) is 18.2. The molecule has 13 nitrogen and oxygen atoms in total. The van der Waals surface area contributed by atoms with Crippen LogP contribution < -0.4 is 5.32 Å². The molecule has 2 unspecified atom stereocenters. The second-order valence-electron chi connectivity index (χ2n) is 15.4. The van der Waals surface area contributed by atoms with E-state index < -0.39 is 65.7 Å². The lowest BCUT2D eigenvalue weighted by atomic mass is 9.73. The zero-order chi connectivity index (χ0) is 36.4. The number of fused-ring (bicyclic) bond motifs is 1. The Hall–Kier alpha value is -2.16. The van der Waals surface area contributed by atoms with Crippen molar-refractivity contribution in [3.05, 3.63) is 0 Å². The molecule has 3 fully saturated rings. The molecular formula is C36H62N4O9. The fraction of sp³-hybridized carbons (Fsp3) is 0.889. The number of carbonyl (C=O) groups excluding carboxylic acids is 3. The van der Waals surface area contributed by atoms with Crippen LogP contribution in [0.3, 0.4) is 0 Å². The van der Waals surface area contributed by atoms with Crippen LogP contribution in [0.25, 0.3) is 0 Å². The van der Waals surface area contributed by atoms with E-state index in [9.17, 15) is 19.5 Å². The zero-order valence-electron chi connectivity index (χ0n) is 31.6. The molecule has 0 radical (unpaired) electrons. The highest BCUT2D eigenvalue weighted by molar-refractivity contribution is 6.00. The molecule has 0 aromatic rings. The molecule has 0 saturated carbocycles. The molecule has 4 heterocycles. The Morgan fingerprint density at radius 1 is 1.10 bits per heavy atom. The van der Waals surface area contributed by atoms with E-state index in [1.54, 1.807) is 18.7 Å². The van der Waals surface area contributed by atoms with Crippen molar-refractivity contribution in [1.82, 2.24) is 15.1 Å². The van der Waals surface area contributed by atoms with Gasteiger partial charge in [-0.15, -0.1) is 0 Å². The Kier molecular flexibility index (Phi) is 13.0. The quantitative estimate of drug-likeness (QED) is 0.209. The van der Waals surface area contributed by atoms with Crippen molar-refractivity contribution in [3.63, 3.8) is 0 Å². The summed E-state index contributed by atoms with van der Waals surface area (Å²) < 4.78 is 32.0. The molecule has 0 aromatic carbocycles. The van der Waals surface area contributed by atoms with Gasteiger partial charge in [0.15, 0.2) is 17.7 Å². The number of aliphatic hydroxyl groups excluding tert-OH is 1. The molecular weight excluding hydrogens is 632 g/mol. The largest absolute Gasteiger partial charge is 0.457 e. The van der Waals surface area contributed by atoms with Crippen molar-refractivity contribution in [2.24, 2.45) is 28.7 Å². The third-order valence-electron chi connectivity index (χ3n) is 11.3. The van der Waals surface area contributed by atoms with Gasteiger partial charge in [-0.1, -0.05) is 34.1 Å². The van der Waals surface area contributed by atoms with Crippen molar-refractivity contribution >= 4 is 23.6 Å². The van der Waals surface area contributed by atoms with Crippen LogP contribution in [0.2, 0.25) is 0 Å². The lowest BCUT2D eigenvalue weighted by Crippen LogP contribution is -2.60. The van der Waals surface area contributed by atoms with E-state index in [1.165, 1.54) is 0 Å². The monoisotopic (exact) mass is 694 g/mol. The van der Waals surface area contributed by atoms with Crippen LogP contribution in [-0.4, -0.2) is 140 Å². The Morgan fingerprint density at radius 2 is 1.80 bits per heavy atom. The summed E-state index contributed by atoms with van der Waals surface area (Å²) in [7, 11) is 5.66. The van der Waals surface area contributed by atoms with Gasteiger partial charge in [0.05, 0.1) is 37.0 Å². The van der Waals surface area contributed by atoms with E-state index >= 15 is 0 Å². The summed E-state index contributed by atoms with van der Waals surface area (Å²) >= 11 is 0. The number of hydrogen-bond donors (Lipinski definition) is 2. The van der Waals surface area contributed by atoms with Gasteiger partial charge in [0.25, 0.3) is 0 Å². The predicted octanol–water partition coefficient (Wildman–Crippen LogP) is 3.06. The smallest absolute Gasteiger partial charge is 0.410 e. The molecule has 13 atom stereocenters. The topological polar surface area (TPSA) is 148 Å². The van der Waals surface area contributed by atoms with Crippen molar-refractivity contribution in [1.29, 1.82) is 0 Å². The first kappa shape index (κ1) is 39.6. The number of nitrogens with zero attached hydrogens (tertiary/aromatic N) is 3. The van der Waals surface area contributed by atoms with E-state index in [4.69, 9.17) is 28.7 Å². The van der Waals surface area contributed by atoms with Gasteiger partial charge in [-0.2, -0.15) is 0 Å². The third kappa shape index (κ3) is 8.02. The zero-order valence-corrected chi connectivity index (χ0v) is 31.6. The number of ether oxygens (including phenoxy) is 5. The predicted molar refractivity (Wildman–Crippen MR) is 184 cm³/mol. The number of likely N-dealkylation sites (N-methyl/N-ethyl adjacent to an activating group) is 2. The fourth-order valence-corrected chi connectivity index (χ4v) is 8.75. The molecule has 280 valence electrons. The van der Waals surface area contributed by atoms with Gasteiger partial charge < -0.3 is 39.0 Å². The van der Waals surface area contributed by atoms with Crippen molar-refractivity contribution in [3.8, 4) is 0 Å². The molecule has 0 aromatic heterocycles. The summed E-state index contributed by atoms with van der Waals surface area (Å²) in [6.45, 7) is 16.8. The Labute approximate surface area is 292 Å². The molecule has 1 amide bonds. The number of ketones is 1. The first-order valence-corrected chi connectivity index (χ1v) is 18.2. The molecule has 4 aliphatic rings. The van der Waals surface area contributed by atoms with Crippen LogP contribution in [-0.2, 0) is 33.3 Å². The molecule has 3 saturated heterocycles. The fourth-order valence-electron chi connectivity index (χ4n) is 8.75. The lowest BCUT2D eigenvalue weighted by Gasteiger charge is -2.47. The number of rotatable bonds is 9. The Bertz CT molecular complexity index is 1220. The summed E-state index contributed by atoms with van der Waals surface area (Å²) in [4.78, 5) is 50.4. The van der Waals surface area contributed by atoms with Crippen LogP contribution in [0, 0.1) is 23.7 Å². The molecule has 0 spiro atoms. The number of aliphatic hydroxyl groups is 1. The van der Waals surface area contributed by atoms with E-state index in [2.05, 4.69) is 19.2 Å². The number of amides is 1. The van der Waals surface area contributed by atoms with Crippen LogP contribution in [0.1, 0.15) is 81.1 Å². The number of Topliss-reactive ketones (excluding diaryl/α,β-unsaturated/α-hetero) is 1. The second kappa shape index (κ2) is 16.0. The normalized spacial score (nSPS) is 42.3. The summed E-state index contributed by atoms with van der Waals surface area (Å²) in [5, 5.41) is 14.6. The average molecular weight is 695 g/mol. The van der Waals surface area contributed by atoms with Crippen LogP contribution in [0.4, 0.5) is 4.79 Å². The SMILES string of the molecule is CCC[C@@H]1OC(=O)[C@H](C)C(=O)[C@H](C)[C@@H](OC2O[C@@H](C)C[C@@H](N(C)C)[C@@H]2O)[C@@](C)(OCCNC)C[C@@H](C)C2=NCCN3C(=O)O[C@@]1(C)C3[C@@H]2C. The van der Waals surface area contributed by atoms with Gasteiger partial charge in [0.2, 0.25) is 0 Å². The van der Waals surface area contributed by atoms with Crippen molar-refractivity contribution in [2.45, 2.75) is 135 Å². The molecule has 0 aliphatic carbocycles. The minimum Gasteiger partial charge on any atom is -0.457 e. The molecule has 4 rings (SSSR count). The first-order chi connectivity index (χ1) is 23.0. The van der Waals surface area contributed by atoms with Gasteiger partial charge in [-0.3, -0.25) is 19.5 Å². The van der Waals surface area contributed by atoms with Crippen LogP contribution >= 0.6 is 0 Å². The number of nitrogens with one attached hydrogen (secondary N) is 1. The highest BCUT2D eigenvalue weighted by atomic mass is 16.7. The minimum absolute atomic E-state index is 0.166. The standard InChI is InChI=1S/C36H62N4O9/c1-12-13-26-36(8)30-22(4)27(38-14-16-40(30)34(44)49-36)20(2)19-35(7,45-17-15-37-9)31(23(5)28(41)24(6)32(43)47-26)48-33-29(42)25(39(10)11)18-21(3)46-33/h20-26,29-31,33,37,42H,12-19H2,1-11H3/t20-,21+,22-,23+,24-,25-,26+,29+,30?,31-,33?,35+,36-/m1/s1.